The van der Waals surface area contributed by atoms with Gasteiger partial charge in [0.25, 0.3) is 0 Å². The average molecular weight is 254 g/mol. The number of hydrogen-bond acceptors (Lipinski definition) is 3. The Morgan fingerprint density at radius 1 is 1.59 bits per heavy atom. The number of carbonyl (C=O) groups excluding carboxylic acids is 1. The van der Waals surface area contributed by atoms with Gasteiger partial charge in [0, 0.05) is 12.1 Å². The lowest BCUT2D eigenvalue weighted by Gasteiger charge is -2.06. The molecule has 1 amide bonds. The molecule has 17 heavy (non-hydrogen) atoms. The molecule has 0 bridgehead atoms. The Morgan fingerprint density at radius 2 is 2.29 bits per heavy atom. The summed E-state index contributed by atoms with van der Waals surface area (Å²) in [5.41, 5.74) is 0.727. The van der Waals surface area contributed by atoms with Crippen molar-refractivity contribution in [3.05, 3.63) is 22.2 Å². The zero-order valence-corrected chi connectivity index (χ0v) is 11.2. The lowest BCUT2D eigenvalue weighted by molar-refractivity contribution is -0.117. The summed E-state index contributed by atoms with van der Waals surface area (Å²) in [5, 5.41) is 9.61. The van der Waals surface area contributed by atoms with Crippen molar-refractivity contribution in [2.75, 3.05) is 0 Å². The zero-order valence-electron chi connectivity index (χ0n) is 10.4. The molecule has 0 aliphatic carbocycles. The highest BCUT2D eigenvalue weighted by molar-refractivity contribution is 7.71. The predicted octanol–water partition coefficient (Wildman–Crippen LogP) is 1.93. The van der Waals surface area contributed by atoms with E-state index in [1.54, 1.807) is 6.92 Å². The highest BCUT2D eigenvalue weighted by Crippen LogP contribution is 1.99. The first-order valence-electron chi connectivity index (χ1n) is 5.69. The summed E-state index contributed by atoms with van der Waals surface area (Å²) in [6, 6.07) is 0. The number of H-pyrrole nitrogens is 1. The molecular formula is C11H18N4OS. The predicted molar refractivity (Wildman–Crippen MR) is 69.0 cm³/mol. The Kier molecular flexibility index (Phi) is 5.09. The van der Waals surface area contributed by atoms with Gasteiger partial charge in [0.15, 0.2) is 10.6 Å². The van der Waals surface area contributed by atoms with E-state index in [-0.39, 0.29) is 5.91 Å². The fraction of sp³-hybridized carbons (Fsp3) is 0.545. The maximum absolute atomic E-state index is 11.7. The van der Waals surface area contributed by atoms with Crippen LogP contribution in [-0.4, -0.2) is 20.7 Å². The van der Waals surface area contributed by atoms with Gasteiger partial charge in [-0.25, -0.2) is 0 Å². The van der Waals surface area contributed by atoms with Crippen molar-refractivity contribution in [1.29, 1.82) is 0 Å². The average Bonchev–Trinajstić information content (AvgIpc) is 2.67. The summed E-state index contributed by atoms with van der Waals surface area (Å²) >= 11 is 5.07. The largest absolute Gasteiger partial charge is 0.345 e. The first-order valence-corrected chi connectivity index (χ1v) is 6.10. The molecule has 0 saturated carbocycles. The summed E-state index contributed by atoms with van der Waals surface area (Å²) in [4.78, 5) is 11.7. The van der Waals surface area contributed by atoms with Crippen molar-refractivity contribution in [3.8, 4) is 0 Å². The topological polar surface area (TPSA) is 62.7 Å². The van der Waals surface area contributed by atoms with Crippen molar-refractivity contribution in [2.24, 2.45) is 0 Å². The molecule has 1 aromatic rings. The Balaban J connectivity index is 2.65. The van der Waals surface area contributed by atoms with Crippen LogP contribution in [0.5, 0.6) is 0 Å². The molecule has 5 nitrogen and oxygen atoms in total. The van der Waals surface area contributed by atoms with E-state index < -0.39 is 0 Å². The van der Waals surface area contributed by atoms with Crippen molar-refractivity contribution in [1.82, 2.24) is 20.1 Å². The number of amides is 1. The van der Waals surface area contributed by atoms with E-state index in [2.05, 4.69) is 15.5 Å². The number of nitrogens with one attached hydrogen (secondary N) is 2. The molecule has 0 saturated heterocycles. The lowest BCUT2D eigenvalue weighted by atomic mass is 10.2. The Hall–Kier alpha value is -1.43. The van der Waals surface area contributed by atoms with Gasteiger partial charge in [0.1, 0.15) is 0 Å². The van der Waals surface area contributed by atoms with Gasteiger partial charge in [-0.05, 0) is 32.5 Å². The number of hydrogen-bond donors (Lipinski definition) is 2. The lowest BCUT2D eigenvalue weighted by Crippen LogP contribution is -2.25. The van der Waals surface area contributed by atoms with E-state index in [1.807, 2.05) is 24.5 Å². The normalized spacial score (nSPS) is 11.6. The monoisotopic (exact) mass is 254 g/mol. The molecule has 1 rings (SSSR count). The molecule has 0 atom stereocenters. The summed E-state index contributed by atoms with van der Waals surface area (Å²) < 4.78 is 2.44. The number of rotatable bonds is 5. The van der Waals surface area contributed by atoms with Crippen LogP contribution in [-0.2, 0) is 17.9 Å². The highest BCUT2D eigenvalue weighted by atomic mass is 32.1. The molecule has 1 aromatic heterocycles. The molecule has 1 heterocycles. The van der Waals surface area contributed by atoms with Crippen molar-refractivity contribution >= 4 is 18.1 Å². The first kappa shape index (κ1) is 13.6. The second kappa shape index (κ2) is 6.34. The second-order valence-electron chi connectivity index (χ2n) is 3.67. The molecule has 0 aromatic carbocycles. The molecule has 6 heteroatoms. The number of nitrogens with zero attached hydrogens (tertiary/aromatic N) is 2. The fourth-order valence-corrected chi connectivity index (χ4v) is 1.79. The van der Waals surface area contributed by atoms with Gasteiger partial charge in [-0.3, -0.25) is 9.89 Å². The molecule has 0 aliphatic rings. The molecule has 0 aliphatic heterocycles. The molecule has 0 spiro atoms. The van der Waals surface area contributed by atoms with E-state index in [0.717, 1.165) is 24.4 Å². The number of aromatic nitrogens is 3. The zero-order chi connectivity index (χ0) is 12.8. The highest BCUT2D eigenvalue weighted by Gasteiger charge is 2.07. The third-order valence-corrected chi connectivity index (χ3v) is 2.74. The van der Waals surface area contributed by atoms with Crippen LogP contribution in [0.2, 0.25) is 0 Å². The summed E-state index contributed by atoms with van der Waals surface area (Å²) in [5.74, 6) is 0.679. The van der Waals surface area contributed by atoms with Crippen molar-refractivity contribution in [3.63, 3.8) is 0 Å². The van der Waals surface area contributed by atoms with Gasteiger partial charge in [-0.2, -0.15) is 5.10 Å². The molecule has 94 valence electrons. The van der Waals surface area contributed by atoms with Gasteiger partial charge in [-0.1, -0.05) is 13.0 Å². The molecule has 0 unspecified atom stereocenters. The minimum Gasteiger partial charge on any atom is -0.345 e. The first-order chi connectivity index (χ1) is 8.10. The van der Waals surface area contributed by atoms with Crippen LogP contribution in [0, 0.1) is 4.77 Å². The van der Waals surface area contributed by atoms with E-state index in [1.165, 1.54) is 0 Å². The smallest absolute Gasteiger partial charge is 0.246 e. The van der Waals surface area contributed by atoms with Crippen LogP contribution in [0.25, 0.3) is 0 Å². The molecular weight excluding hydrogens is 236 g/mol. The van der Waals surface area contributed by atoms with E-state index in [4.69, 9.17) is 12.2 Å². The van der Waals surface area contributed by atoms with Crippen LogP contribution in [0.3, 0.4) is 0 Å². The minimum absolute atomic E-state index is 0.0663. The Labute approximate surface area is 106 Å². The van der Waals surface area contributed by atoms with E-state index in [9.17, 15) is 4.79 Å². The molecule has 2 N–H and O–H groups in total. The van der Waals surface area contributed by atoms with E-state index >= 15 is 0 Å². The van der Waals surface area contributed by atoms with Gasteiger partial charge in [0.2, 0.25) is 5.91 Å². The summed E-state index contributed by atoms with van der Waals surface area (Å²) in [6.07, 6.45) is 2.75. The second-order valence-corrected chi connectivity index (χ2v) is 4.05. The maximum Gasteiger partial charge on any atom is 0.246 e. The SMILES string of the molecule is CCC=C(C)C(=O)NCc1n[nH]c(=S)n1CC. The van der Waals surface area contributed by atoms with Crippen LogP contribution in [0.4, 0.5) is 0 Å². The van der Waals surface area contributed by atoms with Crippen LogP contribution in [0.15, 0.2) is 11.6 Å². The van der Waals surface area contributed by atoms with Crippen LogP contribution >= 0.6 is 12.2 Å². The number of carbonyl (C=O) groups is 1. The fourth-order valence-electron chi connectivity index (χ4n) is 1.51. The van der Waals surface area contributed by atoms with E-state index in [0.29, 0.717) is 11.3 Å². The van der Waals surface area contributed by atoms with Gasteiger partial charge in [-0.15, -0.1) is 0 Å². The Bertz CT molecular complexity index is 472. The van der Waals surface area contributed by atoms with Crippen molar-refractivity contribution < 1.29 is 4.79 Å². The number of aromatic amines is 1. The van der Waals surface area contributed by atoms with Gasteiger partial charge < -0.3 is 9.88 Å². The van der Waals surface area contributed by atoms with Crippen LogP contribution in [0.1, 0.15) is 33.0 Å². The van der Waals surface area contributed by atoms with Gasteiger partial charge >= 0.3 is 0 Å². The summed E-state index contributed by atoms with van der Waals surface area (Å²) in [7, 11) is 0. The maximum atomic E-state index is 11.7. The molecule has 0 radical (unpaired) electrons. The van der Waals surface area contributed by atoms with Gasteiger partial charge in [0.05, 0.1) is 6.54 Å². The quantitative estimate of drug-likeness (QED) is 0.623. The minimum atomic E-state index is -0.0663. The Morgan fingerprint density at radius 3 is 2.88 bits per heavy atom. The third kappa shape index (κ3) is 3.52. The van der Waals surface area contributed by atoms with Crippen LogP contribution < -0.4 is 5.32 Å². The van der Waals surface area contributed by atoms with Crippen molar-refractivity contribution in [2.45, 2.75) is 40.3 Å². The summed E-state index contributed by atoms with van der Waals surface area (Å²) in [6.45, 7) is 6.91. The number of allylic oxidation sites excluding steroid dienone is 1. The molecule has 0 fully saturated rings. The third-order valence-electron chi connectivity index (χ3n) is 2.43. The standard InChI is InChI=1S/C11H18N4OS/c1-4-6-8(3)10(16)12-7-9-13-14-11(17)15(9)5-2/h6H,4-5,7H2,1-3H3,(H,12,16)(H,14,17).